The first-order chi connectivity index (χ1) is 12.2. The number of nitrogens with zero attached hydrogens (tertiary/aromatic N) is 1. The highest BCUT2D eigenvalue weighted by Gasteiger charge is 2.15. The van der Waals surface area contributed by atoms with Gasteiger partial charge in [0, 0.05) is 24.1 Å². The molecule has 0 radical (unpaired) electrons. The van der Waals surface area contributed by atoms with E-state index in [0.29, 0.717) is 11.7 Å². The van der Waals surface area contributed by atoms with E-state index in [-0.39, 0.29) is 6.10 Å². The van der Waals surface area contributed by atoms with Crippen LogP contribution < -0.4 is 15.5 Å². The first-order valence-corrected chi connectivity index (χ1v) is 8.85. The van der Waals surface area contributed by atoms with Gasteiger partial charge in [-0.1, -0.05) is 24.3 Å². The highest BCUT2D eigenvalue weighted by Crippen LogP contribution is 2.28. The molecule has 132 valence electrons. The largest absolute Gasteiger partial charge is 0.496 e. The van der Waals surface area contributed by atoms with E-state index in [0.717, 1.165) is 47.2 Å². The van der Waals surface area contributed by atoms with Crippen LogP contribution in [-0.4, -0.2) is 37.2 Å². The van der Waals surface area contributed by atoms with E-state index >= 15 is 0 Å². The van der Waals surface area contributed by atoms with Gasteiger partial charge in [0.25, 0.3) is 0 Å². The zero-order chi connectivity index (χ0) is 17.6. The van der Waals surface area contributed by atoms with E-state index in [9.17, 15) is 0 Å². The first kappa shape index (κ1) is 17.6. The number of hydrogen-bond acceptors (Lipinski definition) is 4. The Morgan fingerprint density at radius 3 is 2.80 bits per heavy atom. The third-order valence-corrected chi connectivity index (χ3v) is 4.57. The second-order valence-corrected chi connectivity index (χ2v) is 6.42. The first-order valence-electron chi connectivity index (χ1n) is 8.45. The number of hydrazone groups is 1. The Kier molecular flexibility index (Phi) is 5.83. The number of rotatable bonds is 5. The molecule has 1 heterocycles. The standard InChI is InChI=1S/C19H23N3O2S/c1-13(21-22-19(25)20-12-14-6-5-11-24-14)15-9-10-18(23-2)17-8-4-3-7-16(15)17/h3-4,7-10,14H,5-6,11-12H2,1-2H3,(H2,20,22,25)/b21-13-/t14-/m0/s1. The number of benzene rings is 2. The van der Waals surface area contributed by atoms with Gasteiger partial charge in [-0.15, -0.1) is 0 Å². The normalized spacial score (nSPS) is 17.5. The molecule has 0 spiro atoms. The van der Waals surface area contributed by atoms with Crippen molar-refractivity contribution in [3.63, 3.8) is 0 Å². The lowest BCUT2D eigenvalue weighted by atomic mass is 10.0. The van der Waals surface area contributed by atoms with Crippen molar-refractivity contribution in [2.24, 2.45) is 5.10 Å². The third-order valence-electron chi connectivity index (χ3n) is 4.33. The number of nitrogens with one attached hydrogen (secondary N) is 2. The molecule has 0 aliphatic carbocycles. The monoisotopic (exact) mass is 357 g/mol. The summed E-state index contributed by atoms with van der Waals surface area (Å²) in [6.07, 6.45) is 2.44. The molecule has 2 aromatic carbocycles. The van der Waals surface area contributed by atoms with Gasteiger partial charge in [0.15, 0.2) is 5.11 Å². The predicted molar refractivity (Wildman–Crippen MR) is 105 cm³/mol. The fourth-order valence-corrected chi connectivity index (χ4v) is 3.14. The molecule has 2 aromatic rings. The van der Waals surface area contributed by atoms with Crippen LogP contribution in [0.25, 0.3) is 10.8 Å². The van der Waals surface area contributed by atoms with E-state index in [1.165, 1.54) is 0 Å². The lowest BCUT2D eigenvalue weighted by Crippen LogP contribution is -2.37. The van der Waals surface area contributed by atoms with Crippen molar-refractivity contribution in [2.75, 3.05) is 20.3 Å². The molecular weight excluding hydrogens is 334 g/mol. The van der Waals surface area contributed by atoms with Crippen molar-refractivity contribution in [3.05, 3.63) is 42.0 Å². The second-order valence-electron chi connectivity index (χ2n) is 6.02. The van der Waals surface area contributed by atoms with Gasteiger partial charge in [-0.2, -0.15) is 5.10 Å². The molecule has 1 fully saturated rings. The van der Waals surface area contributed by atoms with E-state index < -0.39 is 0 Å². The molecule has 1 saturated heterocycles. The SMILES string of the molecule is COc1ccc(/C(C)=N\NC(=S)NC[C@@H]2CCCO2)c2ccccc12. The van der Waals surface area contributed by atoms with Gasteiger partial charge in [0.1, 0.15) is 5.75 Å². The van der Waals surface area contributed by atoms with E-state index in [1.807, 2.05) is 37.3 Å². The van der Waals surface area contributed by atoms with Crippen LogP contribution in [0.15, 0.2) is 41.5 Å². The lowest BCUT2D eigenvalue weighted by molar-refractivity contribution is 0.114. The van der Waals surface area contributed by atoms with Crippen LogP contribution in [0.4, 0.5) is 0 Å². The predicted octanol–water partition coefficient (Wildman–Crippen LogP) is 3.22. The molecule has 0 bridgehead atoms. The van der Waals surface area contributed by atoms with E-state index in [1.54, 1.807) is 7.11 Å². The zero-order valence-corrected chi connectivity index (χ0v) is 15.4. The maximum atomic E-state index is 5.57. The summed E-state index contributed by atoms with van der Waals surface area (Å²) in [5.41, 5.74) is 4.83. The van der Waals surface area contributed by atoms with Crippen LogP contribution in [0.1, 0.15) is 25.3 Å². The summed E-state index contributed by atoms with van der Waals surface area (Å²) in [7, 11) is 1.68. The van der Waals surface area contributed by atoms with Crippen LogP contribution in [0.3, 0.4) is 0 Å². The minimum Gasteiger partial charge on any atom is -0.496 e. The minimum atomic E-state index is 0.246. The maximum absolute atomic E-state index is 5.57. The van der Waals surface area contributed by atoms with Crippen LogP contribution in [0.5, 0.6) is 5.75 Å². The smallest absolute Gasteiger partial charge is 0.187 e. The van der Waals surface area contributed by atoms with Gasteiger partial charge in [0.2, 0.25) is 0 Å². The molecule has 1 aliphatic heterocycles. The Hall–Kier alpha value is -2.18. The summed E-state index contributed by atoms with van der Waals surface area (Å²) >= 11 is 5.29. The molecule has 6 heteroatoms. The average molecular weight is 357 g/mol. The number of ether oxygens (including phenoxy) is 2. The summed E-state index contributed by atoms with van der Waals surface area (Å²) in [6.45, 7) is 3.52. The Morgan fingerprint density at radius 2 is 2.08 bits per heavy atom. The molecule has 25 heavy (non-hydrogen) atoms. The van der Waals surface area contributed by atoms with Gasteiger partial charge in [0.05, 0.1) is 18.9 Å². The molecule has 0 unspecified atom stereocenters. The maximum Gasteiger partial charge on any atom is 0.187 e. The average Bonchev–Trinajstić information content (AvgIpc) is 3.17. The summed E-state index contributed by atoms with van der Waals surface area (Å²) < 4.78 is 11.0. The van der Waals surface area contributed by atoms with E-state index in [2.05, 4.69) is 21.9 Å². The van der Waals surface area contributed by atoms with Crippen molar-refractivity contribution >= 4 is 33.8 Å². The number of thiocarbonyl (C=S) groups is 1. The second kappa shape index (κ2) is 8.27. The third kappa shape index (κ3) is 4.27. The minimum absolute atomic E-state index is 0.246. The summed E-state index contributed by atoms with van der Waals surface area (Å²) in [5.74, 6) is 0.855. The zero-order valence-electron chi connectivity index (χ0n) is 14.5. The van der Waals surface area contributed by atoms with Crippen molar-refractivity contribution < 1.29 is 9.47 Å². The molecule has 1 aliphatic rings. The van der Waals surface area contributed by atoms with Crippen molar-refractivity contribution in [2.45, 2.75) is 25.9 Å². The van der Waals surface area contributed by atoms with Crippen LogP contribution >= 0.6 is 12.2 Å². The fourth-order valence-electron chi connectivity index (χ4n) is 3.01. The van der Waals surface area contributed by atoms with E-state index in [4.69, 9.17) is 21.7 Å². The van der Waals surface area contributed by atoms with Gasteiger partial charge >= 0.3 is 0 Å². The highest BCUT2D eigenvalue weighted by atomic mass is 32.1. The molecular formula is C19H23N3O2S. The van der Waals surface area contributed by atoms with Crippen molar-refractivity contribution in [1.29, 1.82) is 0 Å². The highest BCUT2D eigenvalue weighted by molar-refractivity contribution is 7.80. The Balaban J connectivity index is 1.69. The van der Waals surface area contributed by atoms with Gasteiger partial charge in [-0.3, -0.25) is 5.43 Å². The molecule has 2 N–H and O–H groups in total. The molecule has 0 aromatic heterocycles. The summed E-state index contributed by atoms with van der Waals surface area (Å²) in [5, 5.41) is 10.3. The number of hydrogen-bond donors (Lipinski definition) is 2. The Bertz CT molecular complexity index is 785. The fraction of sp³-hybridized carbons (Fsp3) is 0.368. The molecule has 5 nitrogen and oxygen atoms in total. The Labute approximate surface area is 153 Å². The summed E-state index contributed by atoms with van der Waals surface area (Å²) in [4.78, 5) is 0. The van der Waals surface area contributed by atoms with Gasteiger partial charge in [-0.25, -0.2) is 0 Å². The van der Waals surface area contributed by atoms with Crippen LogP contribution in [0, 0.1) is 0 Å². The quantitative estimate of drug-likeness (QED) is 0.489. The molecule has 0 saturated carbocycles. The van der Waals surface area contributed by atoms with Gasteiger partial charge < -0.3 is 14.8 Å². The van der Waals surface area contributed by atoms with Gasteiger partial charge in [-0.05, 0) is 49.5 Å². The number of methoxy groups -OCH3 is 1. The molecule has 0 amide bonds. The van der Waals surface area contributed by atoms with Crippen LogP contribution in [0.2, 0.25) is 0 Å². The number of fused-ring (bicyclic) bond motifs is 1. The summed E-state index contributed by atoms with van der Waals surface area (Å²) in [6, 6.07) is 12.1. The topological polar surface area (TPSA) is 54.9 Å². The van der Waals surface area contributed by atoms with Crippen LogP contribution in [-0.2, 0) is 4.74 Å². The van der Waals surface area contributed by atoms with Crippen molar-refractivity contribution in [1.82, 2.24) is 10.7 Å². The lowest BCUT2D eigenvalue weighted by Gasteiger charge is -2.13. The Morgan fingerprint density at radius 1 is 1.28 bits per heavy atom. The molecule has 3 rings (SSSR count). The molecule has 1 atom stereocenters. The van der Waals surface area contributed by atoms with Crippen molar-refractivity contribution in [3.8, 4) is 5.75 Å².